The Morgan fingerprint density at radius 3 is 2.53 bits per heavy atom. The van der Waals surface area contributed by atoms with E-state index in [0.717, 1.165) is 12.3 Å². The fourth-order valence-electron chi connectivity index (χ4n) is 2.86. The molecule has 2 nitrogen and oxygen atoms in total. The first-order chi connectivity index (χ1) is 9.28. The molecule has 0 radical (unpaired) electrons. The predicted octanol–water partition coefficient (Wildman–Crippen LogP) is 2.94. The van der Waals surface area contributed by atoms with E-state index in [1.165, 1.54) is 44.5 Å². The summed E-state index contributed by atoms with van der Waals surface area (Å²) < 4.78 is 0. The Labute approximate surface area is 118 Å². The van der Waals surface area contributed by atoms with Crippen molar-refractivity contribution < 1.29 is 0 Å². The highest BCUT2D eigenvalue weighted by atomic mass is 15.1. The van der Waals surface area contributed by atoms with Crippen LogP contribution in [0.15, 0.2) is 30.3 Å². The zero-order valence-corrected chi connectivity index (χ0v) is 12.4. The number of nitrogens with zero attached hydrogens (tertiary/aromatic N) is 1. The summed E-state index contributed by atoms with van der Waals surface area (Å²) in [6, 6.07) is 11.5. The smallest absolute Gasteiger partial charge is 0.0105 e. The molecule has 1 aromatic carbocycles. The molecule has 0 aliphatic carbocycles. The lowest BCUT2D eigenvalue weighted by atomic mass is 9.96. The number of rotatable bonds is 6. The van der Waals surface area contributed by atoms with Crippen molar-refractivity contribution >= 4 is 0 Å². The van der Waals surface area contributed by atoms with Gasteiger partial charge in [-0.3, -0.25) is 0 Å². The van der Waals surface area contributed by atoms with Crippen LogP contribution in [-0.4, -0.2) is 37.6 Å². The van der Waals surface area contributed by atoms with Crippen molar-refractivity contribution in [3.05, 3.63) is 35.9 Å². The Balaban J connectivity index is 1.73. The summed E-state index contributed by atoms with van der Waals surface area (Å²) in [7, 11) is 2.23. The van der Waals surface area contributed by atoms with Crippen LogP contribution >= 0.6 is 0 Å². The fourth-order valence-corrected chi connectivity index (χ4v) is 2.86. The molecule has 1 N–H and O–H groups in total. The van der Waals surface area contributed by atoms with Gasteiger partial charge in [0.1, 0.15) is 0 Å². The molecule has 0 spiro atoms. The van der Waals surface area contributed by atoms with Gasteiger partial charge in [-0.15, -0.1) is 0 Å². The molecule has 1 aliphatic heterocycles. The molecule has 1 aliphatic rings. The minimum absolute atomic E-state index is 0.627. The predicted molar refractivity (Wildman–Crippen MR) is 82.4 cm³/mol. The Morgan fingerprint density at radius 2 is 1.89 bits per heavy atom. The van der Waals surface area contributed by atoms with Gasteiger partial charge in [0.25, 0.3) is 0 Å². The summed E-state index contributed by atoms with van der Waals surface area (Å²) in [5, 5.41) is 3.78. The largest absolute Gasteiger partial charge is 0.313 e. The summed E-state index contributed by atoms with van der Waals surface area (Å²) in [5.74, 6) is 0.876. The van der Waals surface area contributed by atoms with Gasteiger partial charge < -0.3 is 10.2 Å². The van der Waals surface area contributed by atoms with Crippen molar-refractivity contribution in [2.75, 3.05) is 26.7 Å². The molecule has 1 saturated heterocycles. The third-order valence-corrected chi connectivity index (χ3v) is 4.35. The van der Waals surface area contributed by atoms with Gasteiger partial charge in [-0.05, 0) is 63.8 Å². The van der Waals surface area contributed by atoms with E-state index in [-0.39, 0.29) is 0 Å². The molecule has 2 heteroatoms. The summed E-state index contributed by atoms with van der Waals surface area (Å²) in [6.45, 7) is 6.01. The molecular weight excluding hydrogens is 232 g/mol. The quantitative estimate of drug-likeness (QED) is 0.846. The number of benzene rings is 1. The lowest BCUT2D eigenvalue weighted by molar-refractivity contribution is 0.212. The SMILES string of the molecule is CCC(Cc1ccccc1)NCC1CCN(C)CC1. The van der Waals surface area contributed by atoms with Crippen LogP contribution in [0.2, 0.25) is 0 Å². The lowest BCUT2D eigenvalue weighted by Gasteiger charge is -2.30. The van der Waals surface area contributed by atoms with Gasteiger partial charge in [-0.2, -0.15) is 0 Å². The maximum atomic E-state index is 3.78. The molecule has 0 aromatic heterocycles. The first kappa shape index (κ1) is 14.5. The normalized spacial score (nSPS) is 19.5. The number of hydrogen-bond donors (Lipinski definition) is 1. The summed E-state index contributed by atoms with van der Waals surface area (Å²) >= 11 is 0. The number of piperidine rings is 1. The summed E-state index contributed by atoms with van der Waals surface area (Å²) in [5.41, 5.74) is 1.45. The fraction of sp³-hybridized carbons (Fsp3) is 0.647. The highest BCUT2D eigenvalue weighted by Crippen LogP contribution is 2.15. The molecule has 1 atom stereocenters. The Hall–Kier alpha value is -0.860. The van der Waals surface area contributed by atoms with Gasteiger partial charge in [-0.25, -0.2) is 0 Å². The minimum atomic E-state index is 0.627. The maximum Gasteiger partial charge on any atom is 0.0105 e. The molecule has 1 unspecified atom stereocenters. The first-order valence-corrected chi connectivity index (χ1v) is 7.73. The minimum Gasteiger partial charge on any atom is -0.313 e. The summed E-state index contributed by atoms with van der Waals surface area (Å²) in [4.78, 5) is 2.44. The zero-order valence-electron chi connectivity index (χ0n) is 12.4. The number of likely N-dealkylation sites (tertiary alicyclic amines) is 1. The second kappa shape index (κ2) is 7.66. The molecule has 0 bridgehead atoms. The van der Waals surface area contributed by atoms with Crippen LogP contribution in [0.1, 0.15) is 31.7 Å². The van der Waals surface area contributed by atoms with Crippen LogP contribution in [0.25, 0.3) is 0 Å². The Morgan fingerprint density at radius 1 is 1.21 bits per heavy atom. The number of nitrogens with one attached hydrogen (secondary N) is 1. The molecule has 19 heavy (non-hydrogen) atoms. The molecule has 0 saturated carbocycles. The second-order valence-electron chi connectivity index (χ2n) is 5.95. The van der Waals surface area contributed by atoms with E-state index in [9.17, 15) is 0 Å². The van der Waals surface area contributed by atoms with Gasteiger partial charge in [0, 0.05) is 6.04 Å². The van der Waals surface area contributed by atoms with E-state index in [1.807, 2.05) is 0 Å². The van der Waals surface area contributed by atoms with Crippen molar-refractivity contribution in [1.82, 2.24) is 10.2 Å². The number of hydrogen-bond acceptors (Lipinski definition) is 2. The third kappa shape index (κ3) is 4.96. The van der Waals surface area contributed by atoms with Crippen LogP contribution in [0.3, 0.4) is 0 Å². The third-order valence-electron chi connectivity index (χ3n) is 4.35. The van der Waals surface area contributed by atoms with Crippen molar-refractivity contribution in [2.24, 2.45) is 5.92 Å². The van der Waals surface area contributed by atoms with E-state index in [1.54, 1.807) is 0 Å². The molecule has 2 rings (SSSR count). The van der Waals surface area contributed by atoms with Gasteiger partial charge in [0.15, 0.2) is 0 Å². The Bertz CT molecular complexity index is 342. The molecule has 1 heterocycles. The molecule has 106 valence electrons. The van der Waals surface area contributed by atoms with Crippen molar-refractivity contribution in [2.45, 2.75) is 38.6 Å². The van der Waals surface area contributed by atoms with Crippen molar-refractivity contribution in [3.8, 4) is 0 Å². The average Bonchev–Trinajstić information content (AvgIpc) is 2.46. The summed E-state index contributed by atoms with van der Waals surface area (Å²) in [6.07, 6.45) is 5.07. The maximum absolute atomic E-state index is 3.78. The standard InChI is InChI=1S/C17H28N2/c1-3-17(13-15-7-5-4-6-8-15)18-14-16-9-11-19(2)12-10-16/h4-8,16-18H,3,9-14H2,1-2H3. The van der Waals surface area contributed by atoms with Crippen LogP contribution in [-0.2, 0) is 6.42 Å². The highest BCUT2D eigenvalue weighted by molar-refractivity contribution is 5.15. The van der Waals surface area contributed by atoms with Crippen molar-refractivity contribution in [3.63, 3.8) is 0 Å². The molecule has 1 aromatic rings. The molecule has 0 amide bonds. The topological polar surface area (TPSA) is 15.3 Å². The van der Waals surface area contributed by atoms with Gasteiger partial charge in [0.2, 0.25) is 0 Å². The van der Waals surface area contributed by atoms with E-state index in [2.05, 4.69) is 54.5 Å². The van der Waals surface area contributed by atoms with Gasteiger partial charge in [0.05, 0.1) is 0 Å². The lowest BCUT2D eigenvalue weighted by Crippen LogP contribution is -2.39. The highest BCUT2D eigenvalue weighted by Gasteiger charge is 2.17. The Kier molecular flexibility index (Phi) is 5.87. The molecule has 1 fully saturated rings. The van der Waals surface area contributed by atoms with E-state index in [4.69, 9.17) is 0 Å². The van der Waals surface area contributed by atoms with E-state index >= 15 is 0 Å². The zero-order chi connectivity index (χ0) is 13.5. The second-order valence-corrected chi connectivity index (χ2v) is 5.95. The van der Waals surface area contributed by atoms with Crippen LogP contribution in [0.4, 0.5) is 0 Å². The first-order valence-electron chi connectivity index (χ1n) is 7.73. The van der Waals surface area contributed by atoms with Crippen LogP contribution in [0.5, 0.6) is 0 Å². The van der Waals surface area contributed by atoms with Crippen molar-refractivity contribution in [1.29, 1.82) is 0 Å². The average molecular weight is 260 g/mol. The monoisotopic (exact) mass is 260 g/mol. The van der Waals surface area contributed by atoms with Crippen LogP contribution < -0.4 is 5.32 Å². The van der Waals surface area contributed by atoms with E-state index in [0.29, 0.717) is 6.04 Å². The van der Waals surface area contributed by atoms with Gasteiger partial charge in [-0.1, -0.05) is 37.3 Å². The molecular formula is C17H28N2. The van der Waals surface area contributed by atoms with E-state index < -0.39 is 0 Å². The van der Waals surface area contributed by atoms with Gasteiger partial charge >= 0.3 is 0 Å². The van der Waals surface area contributed by atoms with Crippen LogP contribution in [0, 0.1) is 5.92 Å².